The highest BCUT2D eigenvalue weighted by atomic mass is 31.2. The van der Waals surface area contributed by atoms with Crippen LogP contribution in [0, 0.1) is 18.3 Å². The summed E-state index contributed by atoms with van der Waals surface area (Å²) >= 11 is 0. The standard InChI is InChI=1S/C57H67N8O9P/c1-39(2)65(40(3)4)75(72-35-13-32-58)74-51-36-53(73-52(51)38-71-57(43-14-11-10-12-15-43,44-18-28-49(69-8)29-19-44)45-20-30-50(70-9)31-21-45)64-37-41(5)55(67)63(56(64)68)34-33-59-54(66)42-16-22-46(23-17-42)60-61-47-24-26-48(27-25-47)62(6)7/h10-12,14-31,37,39-40,51-53H,13,33-36,38H2,1-9H3,(H,59,66)/t51-,52+,53+,75?/m0/s1. The van der Waals surface area contributed by atoms with Gasteiger partial charge in [-0.3, -0.25) is 18.7 Å². The molecule has 7 rings (SSSR count). The van der Waals surface area contributed by atoms with Crippen molar-refractivity contribution in [1.82, 2.24) is 19.1 Å². The van der Waals surface area contributed by atoms with Gasteiger partial charge < -0.3 is 38.2 Å². The van der Waals surface area contributed by atoms with E-state index in [9.17, 15) is 19.6 Å². The summed E-state index contributed by atoms with van der Waals surface area (Å²) in [5.74, 6) is 0.961. The van der Waals surface area contributed by atoms with Gasteiger partial charge in [0, 0.05) is 68.7 Å². The lowest BCUT2D eigenvalue weighted by atomic mass is 9.80. The maximum absolute atomic E-state index is 14.6. The van der Waals surface area contributed by atoms with Crippen LogP contribution in [-0.4, -0.2) is 92.1 Å². The number of anilines is 1. The summed E-state index contributed by atoms with van der Waals surface area (Å²) in [5, 5.41) is 21.0. The molecule has 1 N–H and O–H groups in total. The first-order valence-corrected chi connectivity index (χ1v) is 26.1. The minimum atomic E-state index is -1.77. The van der Waals surface area contributed by atoms with E-state index >= 15 is 0 Å². The molecule has 1 unspecified atom stereocenters. The van der Waals surface area contributed by atoms with Crippen molar-refractivity contribution >= 4 is 31.5 Å². The Labute approximate surface area is 440 Å². The molecule has 0 aliphatic carbocycles. The Balaban J connectivity index is 1.18. The first kappa shape index (κ1) is 55.7. The lowest BCUT2D eigenvalue weighted by Gasteiger charge is -2.39. The van der Waals surface area contributed by atoms with Crippen LogP contribution >= 0.6 is 8.53 Å². The van der Waals surface area contributed by atoms with E-state index in [1.165, 1.54) is 10.8 Å². The minimum Gasteiger partial charge on any atom is -0.497 e. The molecule has 0 saturated carbocycles. The first-order valence-electron chi connectivity index (χ1n) is 25.0. The van der Waals surface area contributed by atoms with Crippen LogP contribution in [-0.2, 0) is 30.7 Å². The first-order chi connectivity index (χ1) is 36.2. The molecule has 0 spiro atoms. The van der Waals surface area contributed by atoms with Gasteiger partial charge in [-0.05, 0) is 124 Å². The van der Waals surface area contributed by atoms with Crippen LogP contribution < -0.4 is 30.9 Å². The van der Waals surface area contributed by atoms with E-state index in [1.807, 2.05) is 122 Å². The van der Waals surface area contributed by atoms with Crippen LogP contribution in [0.2, 0.25) is 0 Å². The minimum absolute atomic E-state index is 0.00398. The smallest absolute Gasteiger partial charge is 0.333 e. The van der Waals surface area contributed by atoms with E-state index in [1.54, 1.807) is 45.4 Å². The highest BCUT2D eigenvalue weighted by Crippen LogP contribution is 2.51. The third-order valence-corrected chi connectivity index (χ3v) is 14.9. The molecule has 1 saturated heterocycles. The van der Waals surface area contributed by atoms with Crippen molar-refractivity contribution in [2.45, 2.75) is 90.1 Å². The number of aromatic nitrogens is 2. The molecule has 4 atom stereocenters. The molecule has 17 nitrogen and oxygen atoms in total. The zero-order chi connectivity index (χ0) is 53.6. The number of aryl methyl sites for hydroxylation is 1. The molecule has 2 heterocycles. The largest absolute Gasteiger partial charge is 0.497 e. The summed E-state index contributed by atoms with van der Waals surface area (Å²) < 4.78 is 43.5. The van der Waals surface area contributed by atoms with Gasteiger partial charge in [-0.1, -0.05) is 54.6 Å². The lowest BCUT2D eigenvalue weighted by molar-refractivity contribution is -0.0927. The third kappa shape index (κ3) is 13.5. The average molecular weight is 1040 g/mol. The van der Waals surface area contributed by atoms with E-state index in [0.29, 0.717) is 34.0 Å². The number of ether oxygens (including phenoxy) is 4. The number of nitrogens with zero attached hydrogens (tertiary/aromatic N) is 7. The van der Waals surface area contributed by atoms with Crippen molar-refractivity contribution in [3.8, 4) is 17.6 Å². The highest BCUT2D eigenvalue weighted by molar-refractivity contribution is 7.44. The topological polar surface area (TPSA) is 183 Å². The van der Waals surface area contributed by atoms with Gasteiger partial charge in [0.15, 0.2) is 0 Å². The second kappa shape index (κ2) is 26.0. The summed E-state index contributed by atoms with van der Waals surface area (Å²) in [7, 11) is 5.39. The molecule has 1 fully saturated rings. The van der Waals surface area contributed by atoms with Crippen molar-refractivity contribution < 1.29 is 32.8 Å². The maximum Gasteiger partial charge on any atom is 0.333 e. The molecular weight excluding hydrogens is 972 g/mol. The lowest BCUT2D eigenvalue weighted by Crippen LogP contribution is -2.44. The summed E-state index contributed by atoms with van der Waals surface area (Å²) in [6, 6.07) is 41.8. The van der Waals surface area contributed by atoms with Crippen molar-refractivity contribution in [3.05, 3.63) is 182 Å². The number of rotatable bonds is 24. The van der Waals surface area contributed by atoms with Gasteiger partial charge in [-0.15, -0.1) is 0 Å². The van der Waals surface area contributed by atoms with Crippen LogP contribution in [0.15, 0.2) is 153 Å². The van der Waals surface area contributed by atoms with Crippen molar-refractivity contribution in [3.63, 3.8) is 0 Å². The van der Waals surface area contributed by atoms with Gasteiger partial charge in [0.25, 0.3) is 20.0 Å². The van der Waals surface area contributed by atoms with Crippen LogP contribution in [0.25, 0.3) is 0 Å². The van der Waals surface area contributed by atoms with Crippen LogP contribution in [0.1, 0.15) is 79.4 Å². The van der Waals surface area contributed by atoms with Gasteiger partial charge in [0.1, 0.15) is 29.4 Å². The molecular formula is C57H67N8O9P. The Morgan fingerprint density at radius 1 is 0.827 bits per heavy atom. The van der Waals surface area contributed by atoms with Crippen molar-refractivity contribution in [2.75, 3.05) is 53.0 Å². The van der Waals surface area contributed by atoms with Crippen LogP contribution in [0.3, 0.4) is 0 Å². The molecule has 6 aromatic rings. The zero-order valence-corrected chi connectivity index (χ0v) is 45.0. The van der Waals surface area contributed by atoms with Gasteiger partial charge in [-0.25, -0.2) is 9.46 Å². The summed E-state index contributed by atoms with van der Waals surface area (Å²) in [6.45, 7) is 9.86. The van der Waals surface area contributed by atoms with Gasteiger partial charge in [-0.2, -0.15) is 15.5 Å². The van der Waals surface area contributed by atoms with Crippen LogP contribution in [0.5, 0.6) is 11.5 Å². The Morgan fingerprint density at radius 3 is 1.92 bits per heavy atom. The Morgan fingerprint density at radius 2 is 1.39 bits per heavy atom. The normalized spacial score (nSPS) is 16.1. The van der Waals surface area contributed by atoms with Crippen molar-refractivity contribution in [2.24, 2.45) is 10.2 Å². The predicted octanol–water partition coefficient (Wildman–Crippen LogP) is 10.2. The summed E-state index contributed by atoms with van der Waals surface area (Å²) in [5.41, 5.74) is 3.12. The molecule has 1 aliphatic rings. The molecule has 0 radical (unpaired) electrons. The summed E-state index contributed by atoms with van der Waals surface area (Å²) in [4.78, 5) is 43.6. The summed E-state index contributed by atoms with van der Waals surface area (Å²) in [6.07, 6.45) is -0.581. The van der Waals surface area contributed by atoms with Gasteiger partial charge in [0.2, 0.25) is 0 Å². The number of nitrogens with one attached hydrogen (secondary N) is 1. The van der Waals surface area contributed by atoms with E-state index in [2.05, 4.69) is 54.0 Å². The number of hydrogen-bond donors (Lipinski definition) is 1. The molecule has 1 aromatic heterocycles. The number of nitriles is 1. The molecule has 1 aliphatic heterocycles. The van der Waals surface area contributed by atoms with Crippen LogP contribution in [0.4, 0.5) is 17.1 Å². The van der Waals surface area contributed by atoms with Gasteiger partial charge >= 0.3 is 5.69 Å². The number of benzene rings is 5. The predicted molar refractivity (Wildman–Crippen MR) is 290 cm³/mol. The fourth-order valence-corrected chi connectivity index (χ4v) is 10.7. The van der Waals surface area contributed by atoms with Crippen molar-refractivity contribution in [1.29, 1.82) is 5.26 Å². The van der Waals surface area contributed by atoms with Gasteiger partial charge in [0.05, 0.1) is 57.4 Å². The number of methoxy groups -OCH3 is 2. The van der Waals surface area contributed by atoms with E-state index < -0.39 is 43.8 Å². The monoisotopic (exact) mass is 1040 g/mol. The quantitative estimate of drug-likeness (QED) is 0.0262. The maximum atomic E-state index is 14.6. The number of azo groups is 1. The second-order valence-electron chi connectivity index (χ2n) is 18.7. The van der Waals surface area contributed by atoms with E-state index in [0.717, 1.165) is 26.9 Å². The fourth-order valence-electron chi connectivity index (χ4n) is 8.98. The Bertz CT molecular complexity index is 2940. The second-order valence-corrected chi connectivity index (χ2v) is 20.1. The average Bonchev–Trinajstić information content (AvgIpc) is 3.83. The van der Waals surface area contributed by atoms with E-state index in [4.69, 9.17) is 28.0 Å². The number of carbonyl (C=O) groups excluding carboxylic acids is 1. The fraction of sp³-hybridized carbons (Fsp3) is 0.368. The number of carbonyl (C=O) groups is 1. The number of hydrogen-bond acceptors (Lipinski definition) is 14. The Hall–Kier alpha value is -7.03. The molecule has 75 heavy (non-hydrogen) atoms. The molecule has 394 valence electrons. The highest BCUT2D eigenvalue weighted by Gasteiger charge is 2.45. The molecule has 18 heteroatoms. The zero-order valence-electron chi connectivity index (χ0n) is 44.1. The Kier molecular flexibility index (Phi) is 19.3. The molecule has 5 aromatic carbocycles. The van der Waals surface area contributed by atoms with E-state index in [-0.39, 0.29) is 57.1 Å². The SMILES string of the molecule is COc1ccc(C(OC[C@H]2O[C@@H](n3cc(C)c(=O)n(CCNC(=O)c4ccc(N=Nc5ccc(N(C)C)cc5)cc4)c3=O)C[C@@H]2OP(OCCC#N)N(C(C)C)C(C)C)(c2ccccc2)c2ccc(OC)cc2)cc1. The number of amides is 1. The molecule has 0 bridgehead atoms. The third-order valence-electron chi connectivity index (χ3n) is 12.8. The molecule has 1 amide bonds.